The van der Waals surface area contributed by atoms with Crippen LogP contribution in [0.5, 0.6) is 11.5 Å². The van der Waals surface area contributed by atoms with Gasteiger partial charge in [0.1, 0.15) is 11.5 Å². The molecule has 5 nitrogen and oxygen atoms in total. The number of anilines is 1. The van der Waals surface area contributed by atoms with Gasteiger partial charge in [-0.2, -0.15) is 0 Å². The SMILES string of the molecule is CN1CCN(C2CCN(c3ccnc4ccc(Oc5ccccc5)cc34)CC2)CC1. The Morgan fingerprint density at radius 1 is 0.833 bits per heavy atom. The normalized spacial score (nSPS) is 19.3. The predicted octanol–water partition coefficient (Wildman–Crippen LogP) is 4.24. The van der Waals surface area contributed by atoms with E-state index in [0.717, 1.165) is 36.1 Å². The van der Waals surface area contributed by atoms with Gasteiger partial charge in [-0.05, 0) is 56.3 Å². The van der Waals surface area contributed by atoms with Crippen molar-refractivity contribution in [3.8, 4) is 11.5 Å². The van der Waals surface area contributed by atoms with E-state index in [4.69, 9.17) is 4.74 Å². The summed E-state index contributed by atoms with van der Waals surface area (Å²) >= 11 is 0. The van der Waals surface area contributed by atoms with Crippen molar-refractivity contribution in [3.63, 3.8) is 0 Å². The molecule has 2 aliphatic heterocycles. The van der Waals surface area contributed by atoms with Crippen LogP contribution in [0.1, 0.15) is 12.8 Å². The number of ether oxygens (including phenoxy) is 1. The lowest BCUT2D eigenvalue weighted by atomic mass is 10.0. The summed E-state index contributed by atoms with van der Waals surface area (Å²) in [6.07, 6.45) is 4.39. The third kappa shape index (κ3) is 4.13. The Morgan fingerprint density at radius 3 is 2.37 bits per heavy atom. The van der Waals surface area contributed by atoms with Gasteiger partial charge in [0.25, 0.3) is 0 Å². The maximum Gasteiger partial charge on any atom is 0.128 e. The second kappa shape index (κ2) is 8.62. The van der Waals surface area contributed by atoms with Gasteiger partial charge in [-0.1, -0.05) is 18.2 Å². The van der Waals surface area contributed by atoms with Crippen LogP contribution in [0.3, 0.4) is 0 Å². The number of hydrogen-bond donors (Lipinski definition) is 0. The van der Waals surface area contributed by atoms with Crippen LogP contribution in [0.4, 0.5) is 5.69 Å². The number of piperazine rings is 1. The van der Waals surface area contributed by atoms with E-state index in [-0.39, 0.29) is 0 Å². The zero-order valence-corrected chi connectivity index (χ0v) is 17.7. The molecule has 3 heterocycles. The minimum absolute atomic E-state index is 0.722. The number of rotatable bonds is 4. The molecule has 0 saturated carbocycles. The number of benzene rings is 2. The van der Waals surface area contributed by atoms with Crippen LogP contribution in [0, 0.1) is 0 Å². The van der Waals surface area contributed by atoms with Crippen molar-refractivity contribution in [2.45, 2.75) is 18.9 Å². The van der Waals surface area contributed by atoms with Crippen LogP contribution in [-0.4, -0.2) is 67.1 Å². The third-order valence-electron chi connectivity index (χ3n) is 6.53. The van der Waals surface area contributed by atoms with Crippen molar-refractivity contribution in [2.75, 3.05) is 51.2 Å². The fraction of sp³-hybridized carbons (Fsp3) is 0.400. The zero-order valence-electron chi connectivity index (χ0n) is 17.7. The van der Waals surface area contributed by atoms with Crippen molar-refractivity contribution in [1.29, 1.82) is 0 Å². The predicted molar refractivity (Wildman–Crippen MR) is 123 cm³/mol. The lowest BCUT2D eigenvalue weighted by molar-refractivity contribution is 0.0982. The quantitative estimate of drug-likeness (QED) is 0.652. The molecular weight excluding hydrogens is 372 g/mol. The molecule has 2 aliphatic rings. The first kappa shape index (κ1) is 19.3. The van der Waals surface area contributed by atoms with E-state index in [9.17, 15) is 0 Å². The Kier molecular flexibility index (Phi) is 5.56. The minimum atomic E-state index is 0.722. The van der Waals surface area contributed by atoms with Crippen LogP contribution in [0.15, 0.2) is 60.8 Å². The average molecular weight is 403 g/mol. The topological polar surface area (TPSA) is 31.8 Å². The molecule has 1 aromatic heterocycles. The Morgan fingerprint density at radius 2 is 1.60 bits per heavy atom. The van der Waals surface area contributed by atoms with Gasteiger partial charge < -0.3 is 14.5 Å². The largest absolute Gasteiger partial charge is 0.457 e. The van der Waals surface area contributed by atoms with Gasteiger partial charge in [0.05, 0.1) is 5.52 Å². The molecule has 30 heavy (non-hydrogen) atoms. The zero-order chi connectivity index (χ0) is 20.3. The second-order valence-electron chi connectivity index (χ2n) is 8.48. The van der Waals surface area contributed by atoms with E-state index in [1.165, 1.54) is 50.1 Å². The van der Waals surface area contributed by atoms with Gasteiger partial charge in [-0.25, -0.2) is 0 Å². The Labute approximate surface area is 178 Å². The van der Waals surface area contributed by atoms with Gasteiger partial charge in [0.15, 0.2) is 0 Å². The lowest BCUT2D eigenvalue weighted by Gasteiger charge is -2.42. The summed E-state index contributed by atoms with van der Waals surface area (Å²) in [6, 6.07) is 19.0. The van der Waals surface area contributed by atoms with Crippen LogP contribution >= 0.6 is 0 Å². The highest BCUT2D eigenvalue weighted by Gasteiger charge is 2.27. The van der Waals surface area contributed by atoms with E-state index in [0.29, 0.717) is 0 Å². The maximum atomic E-state index is 6.08. The van der Waals surface area contributed by atoms with E-state index >= 15 is 0 Å². The molecule has 156 valence electrons. The fourth-order valence-electron chi connectivity index (χ4n) is 4.73. The minimum Gasteiger partial charge on any atom is -0.457 e. The number of fused-ring (bicyclic) bond motifs is 1. The van der Waals surface area contributed by atoms with Crippen LogP contribution in [0.2, 0.25) is 0 Å². The molecule has 5 heteroatoms. The van der Waals surface area contributed by atoms with Gasteiger partial charge in [0, 0.05) is 62.6 Å². The summed E-state index contributed by atoms with van der Waals surface area (Å²) < 4.78 is 6.08. The summed E-state index contributed by atoms with van der Waals surface area (Å²) in [5.41, 5.74) is 2.30. The number of likely N-dealkylation sites (N-methyl/N-ethyl adjacent to an activating group) is 1. The van der Waals surface area contributed by atoms with Gasteiger partial charge in [0.2, 0.25) is 0 Å². The number of nitrogens with zero attached hydrogens (tertiary/aromatic N) is 4. The van der Waals surface area contributed by atoms with Crippen LogP contribution in [0.25, 0.3) is 10.9 Å². The van der Waals surface area contributed by atoms with Gasteiger partial charge >= 0.3 is 0 Å². The molecule has 2 aromatic carbocycles. The first-order chi connectivity index (χ1) is 14.8. The molecule has 0 aliphatic carbocycles. The first-order valence-electron chi connectivity index (χ1n) is 11.1. The van der Waals surface area contributed by atoms with Crippen molar-refractivity contribution in [2.24, 2.45) is 0 Å². The molecule has 0 N–H and O–H groups in total. The summed E-state index contributed by atoms with van der Waals surface area (Å²) in [5.74, 6) is 1.71. The summed E-state index contributed by atoms with van der Waals surface area (Å²) in [7, 11) is 2.23. The monoisotopic (exact) mass is 402 g/mol. The van der Waals surface area contributed by atoms with E-state index < -0.39 is 0 Å². The molecule has 2 fully saturated rings. The lowest BCUT2D eigenvalue weighted by Crippen LogP contribution is -2.52. The highest BCUT2D eigenvalue weighted by molar-refractivity contribution is 5.92. The van der Waals surface area contributed by atoms with Crippen molar-refractivity contribution in [1.82, 2.24) is 14.8 Å². The first-order valence-corrected chi connectivity index (χ1v) is 11.1. The molecule has 0 bridgehead atoms. The van der Waals surface area contributed by atoms with Gasteiger partial charge in [-0.15, -0.1) is 0 Å². The number of para-hydroxylation sites is 1. The Balaban J connectivity index is 1.32. The van der Waals surface area contributed by atoms with Crippen molar-refractivity contribution >= 4 is 16.6 Å². The van der Waals surface area contributed by atoms with Crippen molar-refractivity contribution in [3.05, 3.63) is 60.8 Å². The van der Waals surface area contributed by atoms with E-state index in [1.54, 1.807) is 0 Å². The molecule has 0 amide bonds. The Hall–Kier alpha value is -2.63. The van der Waals surface area contributed by atoms with E-state index in [1.807, 2.05) is 42.6 Å². The molecule has 0 radical (unpaired) electrons. The molecule has 0 unspecified atom stereocenters. The highest BCUT2D eigenvalue weighted by Crippen LogP contribution is 2.32. The smallest absolute Gasteiger partial charge is 0.128 e. The maximum absolute atomic E-state index is 6.08. The van der Waals surface area contributed by atoms with Gasteiger partial charge in [-0.3, -0.25) is 9.88 Å². The number of pyridine rings is 1. The summed E-state index contributed by atoms with van der Waals surface area (Å²) in [6.45, 7) is 7.00. The summed E-state index contributed by atoms with van der Waals surface area (Å²) in [5, 5.41) is 1.17. The average Bonchev–Trinajstić information content (AvgIpc) is 2.80. The Bertz CT molecular complexity index is 977. The molecule has 0 atom stereocenters. The molecule has 5 rings (SSSR count). The molecule has 2 saturated heterocycles. The second-order valence-corrected chi connectivity index (χ2v) is 8.48. The van der Waals surface area contributed by atoms with Crippen molar-refractivity contribution < 1.29 is 4.74 Å². The van der Waals surface area contributed by atoms with Crippen LogP contribution in [-0.2, 0) is 0 Å². The fourth-order valence-corrected chi connectivity index (χ4v) is 4.73. The van der Waals surface area contributed by atoms with E-state index in [2.05, 4.69) is 44.9 Å². The number of aromatic nitrogens is 1. The molecule has 3 aromatic rings. The highest BCUT2D eigenvalue weighted by atomic mass is 16.5. The number of piperidine rings is 1. The number of hydrogen-bond acceptors (Lipinski definition) is 5. The molecular formula is C25H30N4O. The summed E-state index contributed by atoms with van der Waals surface area (Å²) in [4.78, 5) is 12.3. The standard InChI is InChI=1S/C25H30N4O/c1-27-15-17-28(18-16-27)20-10-13-29(14-11-20)25-9-12-26-24-8-7-22(19-23(24)25)30-21-5-3-2-4-6-21/h2-9,12,19-20H,10-11,13-18H2,1H3. The third-order valence-corrected chi connectivity index (χ3v) is 6.53. The molecule has 0 spiro atoms. The van der Waals surface area contributed by atoms with Crippen LogP contribution < -0.4 is 9.64 Å².